The third-order valence-electron chi connectivity index (χ3n) is 4.93. The maximum atomic E-state index is 12.6. The number of para-hydroxylation sites is 1. The van der Waals surface area contributed by atoms with E-state index < -0.39 is 30.2 Å². The van der Waals surface area contributed by atoms with E-state index in [9.17, 15) is 27.6 Å². The van der Waals surface area contributed by atoms with Crippen LogP contribution in [0.25, 0.3) is 6.08 Å². The molecule has 2 aromatic carbocycles. The van der Waals surface area contributed by atoms with E-state index in [0.29, 0.717) is 37.4 Å². The third-order valence-corrected chi connectivity index (χ3v) is 4.93. The van der Waals surface area contributed by atoms with Gasteiger partial charge in [-0.15, -0.1) is 0 Å². The fourth-order valence-corrected chi connectivity index (χ4v) is 3.10. The van der Waals surface area contributed by atoms with Crippen molar-refractivity contribution in [3.05, 3.63) is 71.8 Å². The summed E-state index contributed by atoms with van der Waals surface area (Å²) >= 11 is 0. The van der Waals surface area contributed by atoms with Crippen LogP contribution in [0.2, 0.25) is 0 Å². The molecule has 0 unspecified atom stereocenters. The number of halogens is 3. The van der Waals surface area contributed by atoms with Gasteiger partial charge in [0.25, 0.3) is 5.91 Å². The van der Waals surface area contributed by atoms with Crippen LogP contribution < -0.4 is 5.32 Å². The van der Waals surface area contributed by atoms with Crippen molar-refractivity contribution < 1.29 is 32.3 Å². The van der Waals surface area contributed by atoms with Crippen molar-refractivity contribution in [1.82, 2.24) is 9.80 Å². The maximum Gasteiger partial charge on any atom is 0.416 e. The molecule has 1 fully saturated rings. The van der Waals surface area contributed by atoms with Gasteiger partial charge in [0, 0.05) is 37.9 Å². The molecule has 0 saturated carbocycles. The first-order valence-electron chi connectivity index (χ1n) is 10.1. The molecule has 1 N–H and O–H groups in total. The van der Waals surface area contributed by atoms with Crippen LogP contribution in [-0.4, -0.2) is 60.5 Å². The monoisotopic (exact) mass is 461 g/mol. The van der Waals surface area contributed by atoms with Gasteiger partial charge in [-0.3, -0.25) is 4.79 Å². The van der Waals surface area contributed by atoms with Gasteiger partial charge >= 0.3 is 18.2 Å². The second-order valence-corrected chi connectivity index (χ2v) is 7.22. The minimum Gasteiger partial charge on any atom is -0.452 e. The SMILES string of the molecule is O=C(/C=C/c1ccc(C(F)(F)F)cc1)OCC(=O)N1CCN(C(=O)Nc2ccccc2)CC1. The first-order valence-corrected chi connectivity index (χ1v) is 10.1. The lowest BCUT2D eigenvalue weighted by Gasteiger charge is -2.34. The lowest BCUT2D eigenvalue weighted by atomic mass is 10.1. The molecule has 1 aliphatic rings. The fraction of sp³-hybridized carbons (Fsp3) is 0.261. The number of carbonyl (C=O) groups is 3. The fourth-order valence-electron chi connectivity index (χ4n) is 3.10. The smallest absolute Gasteiger partial charge is 0.416 e. The van der Waals surface area contributed by atoms with Crippen molar-refractivity contribution in [3.8, 4) is 0 Å². The maximum absolute atomic E-state index is 12.6. The van der Waals surface area contributed by atoms with Crippen LogP contribution in [0.3, 0.4) is 0 Å². The summed E-state index contributed by atoms with van der Waals surface area (Å²) in [4.78, 5) is 39.5. The minimum atomic E-state index is -4.43. The minimum absolute atomic E-state index is 0.256. The van der Waals surface area contributed by atoms with Crippen LogP contribution >= 0.6 is 0 Å². The number of urea groups is 1. The average Bonchev–Trinajstić information content (AvgIpc) is 2.81. The van der Waals surface area contributed by atoms with Crippen molar-refractivity contribution in [2.75, 3.05) is 38.1 Å². The topological polar surface area (TPSA) is 79.0 Å². The second-order valence-electron chi connectivity index (χ2n) is 7.22. The molecule has 0 radical (unpaired) electrons. The van der Waals surface area contributed by atoms with E-state index in [4.69, 9.17) is 4.74 Å². The number of anilines is 1. The molecule has 1 saturated heterocycles. The lowest BCUT2D eigenvalue weighted by molar-refractivity contribution is -0.148. The number of hydrogen-bond donors (Lipinski definition) is 1. The summed E-state index contributed by atoms with van der Waals surface area (Å²) in [6.45, 7) is 0.824. The molecule has 3 amide bonds. The van der Waals surface area contributed by atoms with Crippen LogP contribution in [0.15, 0.2) is 60.7 Å². The molecule has 0 spiro atoms. The van der Waals surface area contributed by atoms with Gasteiger partial charge in [-0.1, -0.05) is 30.3 Å². The second kappa shape index (κ2) is 10.7. The molecule has 1 heterocycles. The zero-order chi connectivity index (χ0) is 23.8. The Morgan fingerprint density at radius 3 is 2.12 bits per heavy atom. The largest absolute Gasteiger partial charge is 0.452 e. The highest BCUT2D eigenvalue weighted by atomic mass is 19.4. The number of esters is 1. The Hall–Kier alpha value is -3.82. The normalized spacial score (nSPS) is 14.3. The standard InChI is InChI=1S/C23H22F3N3O4/c24-23(25,26)18-9-6-17(7-10-18)8-11-21(31)33-16-20(30)28-12-14-29(15-13-28)22(32)27-19-4-2-1-3-5-19/h1-11H,12-16H2,(H,27,32)/b11-8+. The first-order chi connectivity index (χ1) is 15.7. The molecule has 0 atom stereocenters. The number of hydrogen-bond acceptors (Lipinski definition) is 4. The average molecular weight is 461 g/mol. The molecule has 174 valence electrons. The van der Waals surface area contributed by atoms with Gasteiger partial charge in [-0.25, -0.2) is 9.59 Å². The molecule has 0 aromatic heterocycles. The van der Waals surface area contributed by atoms with Crippen LogP contribution in [0.4, 0.5) is 23.7 Å². The number of rotatable bonds is 5. The van der Waals surface area contributed by atoms with Crippen molar-refractivity contribution >= 4 is 29.7 Å². The van der Waals surface area contributed by atoms with Gasteiger partial charge in [0.1, 0.15) is 0 Å². The molecule has 10 heteroatoms. The third kappa shape index (κ3) is 7.09. The molecule has 33 heavy (non-hydrogen) atoms. The predicted molar refractivity (Wildman–Crippen MR) is 115 cm³/mol. The summed E-state index contributed by atoms with van der Waals surface area (Å²) in [5.74, 6) is -1.18. The van der Waals surface area contributed by atoms with Crippen molar-refractivity contribution in [2.45, 2.75) is 6.18 Å². The summed E-state index contributed by atoms with van der Waals surface area (Å²) in [6, 6.07) is 13.0. The molecular weight excluding hydrogens is 439 g/mol. The zero-order valence-electron chi connectivity index (χ0n) is 17.5. The number of amides is 3. The predicted octanol–water partition coefficient (Wildman–Crippen LogP) is 3.64. The summed E-state index contributed by atoms with van der Waals surface area (Å²) in [6.07, 6.45) is -2.09. The van der Waals surface area contributed by atoms with Crippen molar-refractivity contribution in [3.63, 3.8) is 0 Å². The van der Waals surface area contributed by atoms with Crippen LogP contribution in [0.5, 0.6) is 0 Å². The highest BCUT2D eigenvalue weighted by Gasteiger charge is 2.29. The van der Waals surface area contributed by atoms with E-state index in [-0.39, 0.29) is 6.03 Å². The van der Waals surface area contributed by atoms with Crippen molar-refractivity contribution in [1.29, 1.82) is 0 Å². The Kier molecular flexibility index (Phi) is 7.70. The van der Waals surface area contributed by atoms with Gasteiger partial charge in [0.2, 0.25) is 0 Å². The Morgan fingerprint density at radius 1 is 0.909 bits per heavy atom. The van der Waals surface area contributed by atoms with Crippen LogP contribution in [0.1, 0.15) is 11.1 Å². The van der Waals surface area contributed by atoms with Crippen LogP contribution in [-0.2, 0) is 20.5 Å². The van der Waals surface area contributed by atoms with Crippen LogP contribution in [0, 0.1) is 0 Å². The number of alkyl halides is 3. The van der Waals surface area contributed by atoms with Gasteiger partial charge in [-0.05, 0) is 35.9 Å². The molecular formula is C23H22F3N3O4. The van der Waals surface area contributed by atoms with E-state index in [0.717, 1.165) is 18.2 Å². The van der Waals surface area contributed by atoms with Gasteiger partial charge in [-0.2, -0.15) is 13.2 Å². The molecule has 1 aliphatic heterocycles. The number of nitrogens with zero attached hydrogens (tertiary/aromatic N) is 2. The van der Waals surface area contributed by atoms with E-state index in [1.807, 2.05) is 18.2 Å². The Labute approximate surface area is 188 Å². The summed E-state index contributed by atoms with van der Waals surface area (Å²) in [5, 5.41) is 2.78. The Balaban J connectivity index is 1.39. The molecule has 2 aromatic rings. The van der Waals surface area contributed by atoms with Crippen molar-refractivity contribution in [2.24, 2.45) is 0 Å². The first kappa shape index (κ1) is 23.8. The highest BCUT2D eigenvalue weighted by Crippen LogP contribution is 2.29. The van der Waals surface area contributed by atoms with E-state index >= 15 is 0 Å². The number of piperazine rings is 1. The van der Waals surface area contributed by atoms with E-state index in [1.54, 1.807) is 17.0 Å². The summed E-state index contributed by atoms with van der Waals surface area (Å²) in [5.41, 5.74) is 0.277. The van der Waals surface area contributed by atoms with Gasteiger partial charge < -0.3 is 19.9 Å². The quantitative estimate of drug-likeness (QED) is 0.545. The molecule has 0 bridgehead atoms. The molecule has 3 rings (SSSR count). The lowest BCUT2D eigenvalue weighted by Crippen LogP contribution is -2.52. The van der Waals surface area contributed by atoms with E-state index in [1.165, 1.54) is 23.1 Å². The molecule has 0 aliphatic carbocycles. The number of nitrogens with one attached hydrogen (secondary N) is 1. The summed E-state index contributed by atoms with van der Waals surface area (Å²) < 4.78 is 42.6. The number of benzene rings is 2. The van der Waals surface area contributed by atoms with Gasteiger partial charge in [0.05, 0.1) is 5.56 Å². The Morgan fingerprint density at radius 2 is 1.52 bits per heavy atom. The zero-order valence-corrected chi connectivity index (χ0v) is 17.5. The van der Waals surface area contributed by atoms with Gasteiger partial charge in [0.15, 0.2) is 6.61 Å². The van der Waals surface area contributed by atoms with E-state index in [2.05, 4.69) is 5.32 Å². The highest BCUT2D eigenvalue weighted by molar-refractivity contribution is 5.90. The summed E-state index contributed by atoms with van der Waals surface area (Å²) in [7, 11) is 0. The molecule has 7 nitrogen and oxygen atoms in total. The number of ether oxygens (including phenoxy) is 1. The Bertz CT molecular complexity index is 1000. The number of carbonyl (C=O) groups excluding carboxylic acids is 3.